The quantitative estimate of drug-likeness (QED) is 0.807. The molecule has 1 aromatic carbocycles. The Balaban J connectivity index is 1.98. The molecular formula is C17H21F3N2O2. The zero-order valence-corrected chi connectivity index (χ0v) is 13.6. The van der Waals surface area contributed by atoms with Crippen molar-refractivity contribution < 1.29 is 23.1 Å². The topological polar surface area (TPSA) is 43.8 Å². The van der Waals surface area contributed by atoms with Gasteiger partial charge in [-0.25, -0.2) is 0 Å². The van der Waals surface area contributed by atoms with Crippen molar-refractivity contribution in [2.45, 2.75) is 38.1 Å². The van der Waals surface area contributed by atoms with E-state index in [-0.39, 0.29) is 17.8 Å². The minimum Gasteiger partial charge on any atom is -0.511 e. The average Bonchev–Trinajstić information content (AvgIpc) is 2.87. The number of carbonyl (C=O) groups excluding carboxylic acids is 1. The van der Waals surface area contributed by atoms with E-state index in [2.05, 4.69) is 0 Å². The average molecular weight is 342 g/mol. The van der Waals surface area contributed by atoms with Crippen LogP contribution in [-0.2, 0) is 17.5 Å². The summed E-state index contributed by atoms with van der Waals surface area (Å²) in [5.41, 5.74) is -0.0823. The molecule has 1 aliphatic rings. The van der Waals surface area contributed by atoms with Crippen molar-refractivity contribution in [3.05, 3.63) is 47.4 Å². The number of aldehydes is 1. The Morgan fingerprint density at radius 3 is 2.79 bits per heavy atom. The molecular weight excluding hydrogens is 321 g/mol. The first-order valence-electron chi connectivity index (χ1n) is 7.67. The molecule has 1 unspecified atom stereocenters. The van der Waals surface area contributed by atoms with Gasteiger partial charge in [0, 0.05) is 31.8 Å². The second-order valence-corrected chi connectivity index (χ2v) is 6.22. The Labute approximate surface area is 139 Å². The lowest BCUT2D eigenvalue weighted by Crippen LogP contribution is -2.42. The standard InChI is InChI=1S/C17H21F3N2O2/c1-12(22-10-16(24)7-15(22)11-23)8-21(2)9-13-4-3-5-14(6-13)17(18,19)20/h3-6,10-12,15,24H,7-9H2,1-2H3/t12?,15-/m0/s1. The van der Waals surface area contributed by atoms with Crippen LogP contribution < -0.4 is 0 Å². The predicted octanol–water partition coefficient (Wildman–Crippen LogP) is 3.20. The molecule has 2 atom stereocenters. The normalized spacial score (nSPS) is 19.5. The third kappa shape index (κ3) is 4.50. The van der Waals surface area contributed by atoms with Crippen LogP contribution in [-0.4, -0.2) is 46.9 Å². The van der Waals surface area contributed by atoms with Crippen LogP contribution in [0.4, 0.5) is 13.2 Å². The molecule has 4 nitrogen and oxygen atoms in total. The van der Waals surface area contributed by atoms with E-state index >= 15 is 0 Å². The van der Waals surface area contributed by atoms with Gasteiger partial charge in [0.2, 0.25) is 0 Å². The first-order valence-corrected chi connectivity index (χ1v) is 7.67. The lowest BCUT2D eigenvalue weighted by atomic mass is 10.1. The molecule has 1 aliphatic heterocycles. The van der Waals surface area contributed by atoms with E-state index in [1.54, 1.807) is 17.2 Å². The van der Waals surface area contributed by atoms with Crippen molar-refractivity contribution >= 4 is 6.29 Å². The van der Waals surface area contributed by atoms with E-state index < -0.39 is 11.7 Å². The maximum Gasteiger partial charge on any atom is 0.416 e. The van der Waals surface area contributed by atoms with Crippen LogP contribution in [0, 0.1) is 0 Å². The lowest BCUT2D eigenvalue weighted by Gasteiger charge is -2.31. The van der Waals surface area contributed by atoms with Crippen molar-refractivity contribution in [3.8, 4) is 0 Å². The fourth-order valence-corrected chi connectivity index (χ4v) is 2.98. The predicted molar refractivity (Wildman–Crippen MR) is 84.3 cm³/mol. The molecule has 1 heterocycles. The molecule has 24 heavy (non-hydrogen) atoms. The fraction of sp³-hybridized carbons (Fsp3) is 0.471. The molecule has 0 aromatic heterocycles. The third-order valence-electron chi connectivity index (χ3n) is 4.05. The van der Waals surface area contributed by atoms with Crippen molar-refractivity contribution in [1.29, 1.82) is 0 Å². The summed E-state index contributed by atoms with van der Waals surface area (Å²) in [6.45, 7) is 2.82. The summed E-state index contributed by atoms with van der Waals surface area (Å²) in [4.78, 5) is 14.7. The summed E-state index contributed by atoms with van der Waals surface area (Å²) in [5.74, 6) is 0.166. The molecule has 0 aliphatic carbocycles. The van der Waals surface area contributed by atoms with Gasteiger partial charge in [0.05, 0.1) is 11.6 Å². The lowest BCUT2D eigenvalue weighted by molar-refractivity contribution is -0.137. The first kappa shape index (κ1) is 18.3. The fourth-order valence-electron chi connectivity index (χ4n) is 2.98. The number of aliphatic hydroxyl groups is 1. The molecule has 0 spiro atoms. The smallest absolute Gasteiger partial charge is 0.416 e. The van der Waals surface area contributed by atoms with Crippen LogP contribution in [0.25, 0.3) is 0 Å². The van der Waals surface area contributed by atoms with E-state index in [4.69, 9.17) is 0 Å². The van der Waals surface area contributed by atoms with Gasteiger partial charge in [-0.05, 0) is 25.6 Å². The van der Waals surface area contributed by atoms with E-state index in [1.807, 2.05) is 18.9 Å². The second-order valence-electron chi connectivity index (χ2n) is 6.22. The van der Waals surface area contributed by atoms with E-state index in [0.717, 1.165) is 18.4 Å². The SMILES string of the molecule is CC(CN(C)Cc1cccc(C(F)(F)F)c1)N1C=C(O)C[C@H]1C=O. The van der Waals surface area contributed by atoms with E-state index in [9.17, 15) is 23.1 Å². The van der Waals surface area contributed by atoms with Crippen molar-refractivity contribution in [1.82, 2.24) is 9.80 Å². The van der Waals surface area contributed by atoms with Crippen LogP contribution in [0.5, 0.6) is 0 Å². The maximum atomic E-state index is 12.8. The van der Waals surface area contributed by atoms with Gasteiger partial charge in [0.1, 0.15) is 12.0 Å². The molecule has 0 bridgehead atoms. The summed E-state index contributed by atoms with van der Waals surface area (Å²) in [6.07, 6.45) is -1.70. The summed E-state index contributed by atoms with van der Waals surface area (Å²) >= 11 is 0. The van der Waals surface area contributed by atoms with Gasteiger partial charge in [-0.15, -0.1) is 0 Å². The summed E-state index contributed by atoms with van der Waals surface area (Å²) in [6, 6.07) is 4.82. The number of aliphatic hydroxyl groups excluding tert-OH is 1. The zero-order chi connectivity index (χ0) is 17.9. The highest BCUT2D eigenvalue weighted by Gasteiger charge is 2.31. The number of halogens is 3. The van der Waals surface area contributed by atoms with Crippen molar-refractivity contribution in [3.63, 3.8) is 0 Å². The van der Waals surface area contributed by atoms with Crippen LogP contribution in [0.15, 0.2) is 36.2 Å². The monoisotopic (exact) mass is 342 g/mol. The summed E-state index contributed by atoms with van der Waals surface area (Å²) in [7, 11) is 1.81. The number of likely N-dealkylation sites (N-methyl/N-ethyl adjacent to an activating group) is 1. The van der Waals surface area contributed by atoms with Crippen LogP contribution in [0.1, 0.15) is 24.5 Å². The summed E-state index contributed by atoms with van der Waals surface area (Å²) < 4.78 is 38.3. The molecule has 1 N–H and O–H groups in total. The first-order chi connectivity index (χ1) is 11.2. The van der Waals surface area contributed by atoms with Gasteiger partial charge < -0.3 is 19.7 Å². The van der Waals surface area contributed by atoms with Crippen molar-refractivity contribution in [2.75, 3.05) is 13.6 Å². The van der Waals surface area contributed by atoms with Gasteiger partial charge in [0.15, 0.2) is 0 Å². The van der Waals surface area contributed by atoms with Gasteiger partial charge in [-0.1, -0.05) is 18.2 Å². The van der Waals surface area contributed by atoms with E-state index in [1.165, 1.54) is 6.07 Å². The molecule has 0 saturated heterocycles. The number of carbonyl (C=O) groups is 1. The van der Waals surface area contributed by atoms with Crippen LogP contribution >= 0.6 is 0 Å². The number of hydrogen-bond donors (Lipinski definition) is 1. The molecule has 0 fully saturated rings. The molecule has 0 amide bonds. The minimum atomic E-state index is -4.35. The molecule has 2 rings (SSSR count). The number of benzene rings is 1. The maximum absolute atomic E-state index is 12.8. The van der Waals surface area contributed by atoms with Gasteiger partial charge in [0.25, 0.3) is 0 Å². The third-order valence-corrected chi connectivity index (χ3v) is 4.05. The minimum absolute atomic E-state index is 0.0550. The molecule has 1 aromatic rings. The Morgan fingerprint density at radius 1 is 1.46 bits per heavy atom. The van der Waals surface area contributed by atoms with Crippen molar-refractivity contribution in [2.24, 2.45) is 0 Å². The second kappa shape index (κ2) is 7.25. The largest absolute Gasteiger partial charge is 0.511 e. The van der Waals surface area contributed by atoms with E-state index in [0.29, 0.717) is 25.1 Å². The number of nitrogens with zero attached hydrogens (tertiary/aromatic N) is 2. The molecule has 132 valence electrons. The molecule has 0 radical (unpaired) electrons. The number of rotatable bonds is 6. The highest BCUT2D eigenvalue weighted by molar-refractivity contribution is 5.59. The van der Waals surface area contributed by atoms with Crippen LogP contribution in [0.2, 0.25) is 0 Å². The molecule has 0 saturated carbocycles. The Hall–Kier alpha value is -2.02. The van der Waals surface area contributed by atoms with Gasteiger partial charge in [-0.3, -0.25) is 0 Å². The Kier molecular flexibility index (Phi) is 5.54. The van der Waals surface area contributed by atoms with Crippen LogP contribution in [0.3, 0.4) is 0 Å². The van der Waals surface area contributed by atoms with Gasteiger partial charge >= 0.3 is 6.18 Å². The zero-order valence-electron chi connectivity index (χ0n) is 13.6. The summed E-state index contributed by atoms with van der Waals surface area (Å²) in [5, 5.41) is 9.57. The number of alkyl halides is 3. The highest BCUT2D eigenvalue weighted by Crippen LogP contribution is 2.29. The molecule has 7 heteroatoms. The highest BCUT2D eigenvalue weighted by atomic mass is 19.4. The number of hydrogen-bond acceptors (Lipinski definition) is 4. The van der Waals surface area contributed by atoms with Gasteiger partial charge in [-0.2, -0.15) is 13.2 Å². The Bertz CT molecular complexity index is 616. The Morgan fingerprint density at radius 2 is 2.17 bits per heavy atom.